The zero-order chi connectivity index (χ0) is 33.0. The van der Waals surface area contributed by atoms with Crippen molar-refractivity contribution >= 4 is 27.5 Å². The Kier molecular flexibility index (Phi) is 9.82. The van der Waals surface area contributed by atoms with E-state index >= 15 is 0 Å². The van der Waals surface area contributed by atoms with E-state index in [0.717, 1.165) is 34.7 Å². The summed E-state index contributed by atoms with van der Waals surface area (Å²) < 4.78 is 40.8. The highest BCUT2D eigenvalue weighted by atomic mass is 32.2. The number of rotatable bonds is 13. The molecule has 1 saturated carbocycles. The Hall–Kier alpha value is -4.62. The van der Waals surface area contributed by atoms with Crippen LogP contribution in [0.5, 0.6) is 0 Å². The first-order chi connectivity index (χ1) is 21.9. The maximum Gasteiger partial charge on any atom is 0.251 e. The van der Waals surface area contributed by atoms with Gasteiger partial charge in [-0.3, -0.25) is 13.9 Å². The Labute approximate surface area is 267 Å². The van der Waals surface area contributed by atoms with E-state index in [9.17, 15) is 27.5 Å². The van der Waals surface area contributed by atoms with Crippen molar-refractivity contribution in [2.24, 2.45) is 0 Å². The van der Waals surface area contributed by atoms with Crippen molar-refractivity contribution in [1.29, 1.82) is 0 Å². The number of sulfonamides is 1. The van der Waals surface area contributed by atoms with Gasteiger partial charge >= 0.3 is 0 Å². The second kappa shape index (κ2) is 13.8. The van der Waals surface area contributed by atoms with Crippen molar-refractivity contribution in [1.82, 2.24) is 25.6 Å². The molecule has 0 unspecified atom stereocenters. The van der Waals surface area contributed by atoms with Gasteiger partial charge in [-0.1, -0.05) is 47.7 Å². The Bertz CT molecular complexity index is 1790. The summed E-state index contributed by atoms with van der Waals surface area (Å²) in [6.45, 7) is 1.81. The molecule has 2 amide bonds. The summed E-state index contributed by atoms with van der Waals surface area (Å²) in [4.78, 5) is 27.2. The SMILES string of the molecule is C[C@@H](NC(=O)c1cc(C(=O)N[C@@H](Cc2ccccc2)[C@@H](O)Cn2cc(C3CC3)nn2)cc(N(C)S(C)(=O)=O)c1)c1ccc(F)cc1. The summed E-state index contributed by atoms with van der Waals surface area (Å²) in [5.41, 5.74) is 2.58. The molecule has 11 nitrogen and oxygen atoms in total. The minimum atomic E-state index is -3.74. The Morgan fingerprint density at radius 3 is 2.26 bits per heavy atom. The molecule has 13 heteroatoms. The van der Waals surface area contributed by atoms with E-state index in [1.165, 1.54) is 37.4 Å². The minimum absolute atomic E-state index is 0.0228. The lowest BCUT2D eigenvalue weighted by Gasteiger charge is -2.25. The van der Waals surface area contributed by atoms with E-state index in [2.05, 4.69) is 20.9 Å². The molecule has 1 aromatic heterocycles. The summed E-state index contributed by atoms with van der Waals surface area (Å²) in [5, 5.41) is 25.4. The van der Waals surface area contributed by atoms with Gasteiger partial charge in [0.05, 0.1) is 42.4 Å². The van der Waals surface area contributed by atoms with Gasteiger partial charge in [0.1, 0.15) is 5.82 Å². The number of aliphatic hydroxyl groups excluding tert-OH is 1. The van der Waals surface area contributed by atoms with E-state index in [0.29, 0.717) is 17.9 Å². The van der Waals surface area contributed by atoms with Crippen LogP contribution in [0.3, 0.4) is 0 Å². The number of carbonyl (C=O) groups is 2. The average Bonchev–Trinajstić information content (AvgIpc) is 3.78. The molecule has 3 N–H and O–H groups in total. The number of hydrogen-bond acceptors (Lipinski definition) is 7. The third kappa shape index (κ3) is 8.34. The van der Waals surface area contributed by atoms with Crippen molar-refractivity contribution in [3.63, 3.8) is 0 Å². The second-order valence-electron chi connectivity index (χ2n) is 11.7. The lowest BCUT2D eigenvalue weighted by molar-refractivity contribution is 0.0779. The smallest absolute Gasteiger partial charge is 0.251 e. The number of hydrogen-bond donors (Lipinski definition) is 3. The highest BCUT2D eigenvalue weighted by molar-refractivity contribution is 7.92. The minimum Gasteiger partial charge on any atom is -0.389 e. The molecule has 0 bridgehead atoms. The van der Waals surface area contributed by atoms with Crippen LogP contribution in [-0.4, -0.2) is 65.8 Å². The zero-order valence-corrected chi connectivity index (χ0v) is 26.6. The van der Waals surface area contributed by atoms with Crippen molar-refractivity contribution < 1.29 is 27.5 Å². The first-order valence-corrected chi connectivity index (χ1v) is 16.8. The summed E-state index contributed by atoms with van der Waals surface area (Å²) >= 11 is 0. The summed E-state index contributed by atoms with van der Waals surface area (Å²) in [6, 6.07) is 17.9. The van der Waals surface area contributed by atoms with Gasteiger partial charge in [-0.05, 0) is 67.6 Å². The topological polar surface area (TPSA) is 147 Å². The summed E-state index contributed by atoms with van der Waals surface area (Å²) in [5.74, 6) is -1.18. The average molecular weight is 649 g/mol. The standard InChI is InChI=1S/C33H37FN6O5S/c1-21(23-11-13-27(34)14-12-23)35-32(42)25-16-26(18-28(17-25)39(2)46(3,44)45)33(43)36-29(15-22-7-5-4-6-8-22)31(41)20-40-19-30(37-38-40)24-9-10-24/h4-8,11-14,16-19,21,24,29,31,41H,9-10,15,20H2,1-3H3,(H,35,42)(H,36,43)/t21-,29+,31+/m1/s1. The molecule has 4 aromatic rings. The van der Waals surface area contributed by atoms with Crippen LogP contribution >= 0.6 is 0 Å². The quantitative estimate of drug-likeness (QED) is 0.201. The molecule has 0 spiro atoms. The Morgan fingerprint density at radius 2 is 1.65 bits per heavy atom. The van der Waals surface area contributed by atoms with Crippen LogP contribution < -0.4 is 14.9 Å². The van der Waals surface area contributed by atoms with Gasteiger partial charge in [0.25, 0.3) is 11.8 Å². The van der Waals surface area contributed by atoms with Crippen LogP contribution in [-0.2, 0) is 23.0 Å². The number of halogens is 1. The van der Waals surface area contributed by atoms with E-state index in [1.54, 1.807) is 23.7 Å². The van der Waals surface area contributed by atoms with Gasteiger partial charge in [0.15, 0.2) is 0 Å². The van der Waals surface area contributed by atoms with Crippen molar-refractivity contribution in [2.45, 2.75) is 56.8 Å². The van der Waals surface area contributed by atoms with Gasteiger partial charge in [0, 0.05) is 30.3 Å². The third-order valence-electron chi connectivity index (χ3n) is 8.03. The molecule has 3 aromatic carbocycles. The fourth-order valence-corrected chi connectivity index (χ4v) is 5.54. The van der Waals surface area contributed by atoms with Crippen LogP contribution in [0, 0.1) is 5.82 Å². The molecule has 46 heavy (non-hydrogen) atoms. The van der Waals surface area contributed by atoms with E-state index in [1.807, 2.05) is 36.5 Å². The predicted octanol–water partition coefficient (Wildman–Crippen LogP) is 3.58. The van der Waals surface area contributed by atoms with Gasteiger partial charge < -0.3 is 15.7 Å². The van der Waals surface area contributed by atoms with Gasteiger partial charge in [-0.25, -0.2) is 17.5 Å². The van der Waals surface area contributed by atoms with Crippen molar-refractivity contribution in [3.8, 4) is 0 Å². The fourth-order valence-electron chi connectivity index (χ4n) is 5.05. The molecule has 0 aliphatic heterocycles. The molecule has 242 valence electrons. The lowest BCUT2D eigenvalue weighted by atomic mass is 10.00. The highest BCUT2D eigenvalue weighted by Crippen LogP contribution is 2.38. The molecule has 1 heterocycles. The van der Waals surface area contributed by atoms with E-state index in [-0.39, 0.29) is 23.4 Å². The van der Waals surface area contributed by atoms with Crippen LogP contribution in [0.1, 0.15) is 69.3 Å². The molecule has 0 radical (unpaired) electrons. The molecule has 5 rings (SSSR count). The van der Waals surface area contributed by atoms with Crippen LogP contribution in [0.4, 0.5) is 10.1 Å². The molecule has 0 saturated heterocycles. The summed E-state index contributed by atoms with van der Waals surface area (Å²) in [6.07, 6.45) is 4.19. The maximum atomic E-state index is 13.8. The molecule has 1 aliphatic rings. The van der Waals surface area contributed by atoms with Crippen LogP contribution in [0.25, 0.3) is 0 Å². The highest BCUT2D eigenvalue weighted by Gasteiger charge is 2.29. The zero-order valence-electron chi connectivity index (χ0n) is 25.8. The van der Waals surface area contributed by atoms with E-state index < -0.39 is 45.8 Å². The first kappa shape index (κ1) is 32.8. The number of amides is 2. The molecule has 1 fully saturated rings. The van der Waals surface area contributed by atoms with Gasteiger partial charge in [0.2, 0.25) is 10.0 Å². The van der Waals surface area contributed by atoms with Gasteiger partial charge in [-0.15, -0.1) is 5.10 Å². The predicted molar refractivity (Wildman–Crippen MR) is 171 cm³/mol. The second-order valence-corrected chi connectivity index (χ2v) is 13.7. The normalized spacial score (nSPS) is 15.1. The number of nitrogens with zero attached hydrogens (tertiary/aromatic N) is 4. The van der Waals surface area contributed by atoms with Crippen molar-refractivity contribution in [3.05, 3.63) is 113 Å². The third-order valence-corrected chi connectivity index (χ3v) is 9.23. The number of aromatic nitrogens is 3. The van der Waals surface area contributed by atoms with Crippen molar-refractivity contribution in [2.75, 3.05) is 17.6 Å². The number of nitrogens with one attached hydrogen (secondary N) is 2. The molecular formula is C33H37FN6O5S. The number of aliphatic hydroxyl groups is 1. The maximum absolute atomic E-state index is 13.8. The lowest BCUT2D eigenvalue weighted by Crippen LogP contribution is -2.46. The summed E-state index contributed by atoms with van der Waals surface area (Å²) in [7, 11) is -2.42. The number of benzene rings is 3. The van der Waals surface area contributed by atoms with Crippen LogP contribution in [0.2, 0.25) is 0 Å². The monoisotopic (exact) mass is 648 g/mol. The van der Waals surface area contributed by atoms with Gasteiger partial charge in [-0.2, -0.15) is 0 Å². The van der Waals surface area contributed by atoms with Crippen LogP contribution in [0.15, 0.2) is 79.0 Å². The Balaban J connectivity index is 1.41. The number of carbonyl (C=O) groups excluding carboxylic acids is 2. The Morgan fingerprint density at radius 1 is 1.02 bits per heavy atom. The van der Waals surface area contributed by atoms with E-state index in [4.69, 9.17) is 0 Å². The first-order valence-electron chi connectivity index (χ1n) is 15.0. The largest absolute Gasteiger partial charge is 0.389 e. The fraction of sp³-hybridized carbons (Fsp3) is 0.333. The molecule has 1 aliphatic carbocycles. The number of anilines is 1. The molecule has 3 atom stereocenters. The molecular weight excluding hydrogens is 611 g/mol.